The summed E-state index contributed by atoms with van der Waals surface area (Å²) < 4.78 is 3.29. The topological polar surface area (TPSA) is 22.0 Å². The molecule has 0 atom stereocenters. The Kier molecular flexibility index (Phi) is 2.09. The number of nitrogens with zero attached hydrogens (tertiary/aromatic N) is 1. The maximum Gasteiger partial charge on any atom is 0.151 e. The van der Waals surface area contributed by atoms with Gasteiger partial charge >= 0.3 is 0 Å². The van der Waals surface area contributed by atoms with Crippen LogP contribution in [0.15, 0.2) is 41.8 Å². The molecule has 0 saturated carbocycles. The van der Waals surface area contributed by atoms with Crippen LogP contribution in [0, 0.1) is 0 Å². The van der Waals surface area contributed by atoms with E-state index in [4.69, 9.17) is 0 Å². The number of hydrogen-bond acceptors (Lipinski definition) is 2. The molecule has 0 unspecified atom stereocenters. The smallest absolute Gasteiger partial charge is 0.151 e. The van der Waals surface area contributed by atoms with Crippen molar-refractivity contribution in [3.8, 4) is 0 Å². The van der Waals surface area contributed by atoms with Crippen LogP contribution in [0.5, 0.6) is 0 Å². The number of aryl methyl sites for hydroxylation is 1. The molecular formula is C16H11NOS. The zero-order valence-electron chi connectivity index (χ0n) is 10.4. The Hall–Kier alpha value is -2.13. The van der Waals surface area contributed by atoms with Gasteiger partial charge in [0.1, 0.15) is 0 Å². The standard InChI is InChI=1S/C16H11NOS/c1-17-14-5-3-2-4-11(14)13-8-10(9-18)16-12(15(13)17)6-7-19-16/h2-9H,1H3. The predicted octanol–water partition coefficient (Wildman–Crippen LogP) is 4.36. The van der Waals surface area contributed by atoms with Crippen LogP contribution in [-0.4, -0.2) is 10.9 Å². The Morgan fingerprint density at radius 3 is 2.79 bits per heavy atom. The molecule has 0 N–H and O–H groups in total. The van der Waals surface area contributed by atoms with E-state index >= 15 is 0 Å². The summed E-state index contributed by atoms with van der Waals surface area (Å²) in [6, 6.07) is 12.4. The van der Waals surface area contributed by atoms with Crippen LogP contribution >= 0.6 is 11.3 Å². The van der Waals surface area contributed by atoms with Gasteiger partial charge in [-0.3, -0.25) is 4.79 Å². The van der Waals surface area contributed by atoms with Crippen LogP contribution in [0.1, 0.15) is 10.4 Å². The van der Waals surface area contributed by atoms with Gasteiger partial charge in [0.15, 0.2) is 6.29 Å². The molecule has 0 bridgehead atoms. The van der Waals surface area contributed by atoms with Crippen molar-refractivity contribution in [3.05, 3.63) is 47.3 Å². The Balaban J connectivity index is 2.41. The summed E-state index contributed by atoms with van der Waals surface area (Å²) in [4.78, 5) is 11.3. The molecule has 4 rings (SSSR count). The highest BCUT2D eigenvalue weighted by Gasteiger charge is 2.14. The van der Waals surface area contributed by atoms with Crippen LogP contribution in [0.3, 0.4) is 0 Å². The Morgan fingerprint density at radius 2 is 1.95 bits per heavy atom. The first-order valence-electron chi connectivity index (χ1n) is 6.14. The Labute approximate surface area is 113 Å². The van der Waals surface area contributed by atoms with E-state index in [1.807, 2.05) is 18.2 Å². The number of rotatable bonds is 1. The molecule has 0 amide bonds. The number of aldehydes is 1. The predicted molar refractivity (Wildman–Crippen MR) is 81.2 cm³/mol. The third-order valence-electron chi connectivity index (χ3n) is 3.76. The molecule has 0 saturated heterocycles. The molecule has 0 fully saturated rings. The van der Waals surface area contributed by atoms with Crippen LogP contribution in [0.4, 0.5) is 0 Å². The minimum atomic E-state index is 0.786. The van der Waals surface area contributed by atoms with Gasteiger partial charge in [-0.1, -0.05) is 18.2 Å². The second-order valence-electron chi connectivity index (χ2n) is 4.72. The lowest BCUT2D eigenvalue weighted by Crippen LogP contribution is -1.88. The highest BCUT2D eigenvalue weighted by molar-refractivity contribution is 7.17. The number of para-hydroxylation sites is 1. The monoisotopic (exact) mass is 265 g/mol. The second kappa shape index (κ2) is 3.68. The van der Waals surface area contributed by atoms with Crippen molar-refractivity contribution in [2.24, 2.45) is 7.05 Å². The highest BCUT2D eigenvalue weighted by atomic mass is 32.1. The number of thiophene rings is 1. The van der Waals surface area contributed by atoms with E-state index < -0.39 is 0 Å². The van der Waals surface area contributed by atoms with Gasteiger partial charge in [-0.2, -0.15) is 0 Å². The second-order valence-corrected chi connectivity index (χ2v) is 5.64. The molecule has 92 valence electrons. The van der Waals surface area contributed by atoms with E-state index in [2.05, 4.69) is 35.2 Å². The molecule has 0 aliphatic carbocycles. The molecule has 19 heavy (non-hydrogen) atoms. The lowest BCUT2D eigenvalue weighted by molar-refractivity contribution is 0.112. The maximum atomic E-state index is 11.3. The summed E-state index contributed by atoms with van der Waals surface area (Å²) >= 11 is 1.63. The van der Waals surface area contributed by atoms with E-state index in [0.717, 1.165) is 21.9 Å². The average molecular weight is 265 g/mol. The van der Waals surface area contributed by atoms with Crippen LogP contribution in [0.25, 0.3) is 31.9 Å². The first kappa shape index (κ1) is 10.8. The zero-order valence-corrected chi connectivity index (χ0v) is 11.2. The molecule has 4 aromatic rings. The van der Waals surface area contributed by atoms with Gasteiger partial charge in [0.05, 0.1) is 5.52 Å². The van der Waals surface area contributed by atoms with Crippen molar-refractivity contribution in [2.45, 2.75) is 0 Å². The third kappa shape index (κ3) is 1.28. The lowest BCUT2D eigenvalue weighted by Gasteiger charge is -2.01. The highest BCUT2D eigenvalue weighted by Crippen LogP contribution is 2.37. The first-order valence-corrected chi connectivity index (χ1v) is 7.01. The molecule has 0 spiro atoms. The van der Waals surface area contributed by atoms with Gasteiger partial charge in [-0.05, 0) is 23.6 Å². The van der Waals surface area contributed by atoms with E-state index in [1.54, 1.807) is 11.3 Å². The number of aromatic nitrogens is 1. The molecule has 2 aromatic heterocycles. The van der Waals surface area contributed by atoms with Crippen molar-refractivity contribution < 1.29 is 4.79 Å². The SMILES string of the molecule is Cn1c2ccccc2c2cc(C=O)c3sccc3c21. The normalized spacial score (nSPS) is 11.6. The first-order chi connectivity index (χ1) is 9.31. The number of carbonyl (C=O) groups is 1. The fourth-order valence-electron chi connectivity index (χ4n) is 2.92. The molecule has 0 aliphatic heterocycles. The molecule has 2 aromatic carbocycles. The van der Waals surface area contributed by atoms with Crippen molar-refractivity contribution in [3.63, 3.8) is 0 Å². The Bertz CT molecular complexity index is 946. The fraction of sp³-hybridized carbons (Fsp3) is 0.0625. The van der Waals surface area contributed by atoms with Crippen molar-refractivity contribution >= 4 is 49.5 Å². The van der Waals surface area contributed by atoms with Gasteiger partial charge in [0, 0.05) is 39.0 Å². The van der Waals surface area contributed by atoms with Crippen LogP contribution < -0.4 is 0 Å². The summed E-state index contributed by atoms with van der Waals surface area (Å²) in [6.07, 6.45) is 0.958. The van der Waals surface area contributed by atoms with Crippen LogP contribution in [0.2, 0.25) is 0 Å². The van der Waals surface area contributed by atoms with Gasteiger partial charge < -0.3 is 4.57 Å². The van der Waals surface area contributed by atoms with Crippen molar-refractivity contribution in [1.29, 1.82) is 0 Å². The number of hydrogen-bond donors (Lipinski definition) is 0. The van der Waals surface area contributed by atoms with Gasteiger partial charge in [0.25, 0.3) is 0 Å². The summed E-state index contributed by atoms with van der Waals surface area (Å²) in [6.45, 7) is 0. The Morgan fingerprint density at radius 1 is 1.11 bits per heavy atom. The van der Waals surface area contributed by atoms with E-state index in [-0.39, 0.29) is 0 Å². The minimum absolute atomic E-state index is 0.786. The fourth-order valence-corrected chi connectivity index (χ4v) is 3.80. The number of carbonyl (C=O) groups excluding carboxylic acids is 1. The number of fused-ring (bicyclic) bond motifs is 5. The van der Waals surface area contributed by atoms with Crippen molar-refractivity contribution in [1.82, 2.24) is 4.57 Å². The van der Waals surface area contributed by atoms with Gasteiger partial charge in [-0.15, -0.1) is 11.3 Å². The third-order valence-corrected chi connectivity index (χ3v) is 4.72. The lowest BCUT2D eigenvalue weighted by atomic mass is 10.1. The summed E-state index contributed by atoms with van der Waals surface area (Å²) in [5, 5.41) is 5.58. The molecule has 3 heteroatoms. The molecular weight excluding hydrogens is 254 g/mol. The quantitative estimate of drug-likeness (QED) is 0.469. The maximum absolute atomic E-state index is 11.3. The summed E-state index contributed by atoms with van der Waals surface area (Å²) in [5.41, 5.74) is 3.20. The van der Waals surface area contributed by atoms with Gasteiger partial charge in [-0.25, -0.2) is 0 Å². The minimum Gasteiger partial charge on any atom is -0.343 e. The van der Waals surface area contributed by atoms with Crippen LogP contribution in [-0.2, 0) is 7.05 Å². The molecule has 0 radical (unpaired) electrons. The van der Waals surface area contributed by atoms with Crippen molar-refractivity contribution in [2.75, 3.05) is 0 Å². The summed E-state index contributed by atoms with van der Waals surface area (Å²) in [5.74, 6) is 0. The van der Waals surface area contributed by atoms with Gasteiger partial charge in [0.2, 0.25) is 0 Å². The van der Waals surface area contributed by atoms with E-state index in [9.17, 15) is 4.79 Å². The zero-order chi connectivity index (χ0) is 13.0. The van der Waals surface area contributed by atoms with E-state index in [0.29, 0.717) is 0 Å². The van der Waals surface area contributed by atoms with E-state index in [1.165, 1.54) is 21.8 Å². The average Bonchev–Trinajstić information content (AvgIpc) is 3.02. The molecule has 0 aliphatic rings. The largest absolute Gasteiger partial charge is 0.343 e. The number of benzene rings is 2. The molecule has 2 nitrogen and oxygen atoms in total. The molecule has 2 heterocycles. The summed E-state index contributed by atoms with van der Waals surface area (Å²) in [7, 11) is 2.09.